The van der Waals surface area contributed by atoms with Gasteiger partial charge in [0.05, 0.1) is 5.69 Å². The third-order valence-corrected chi connectivity index (χ3v) is 5.79. The number of piperidine rings is 1. The molecule has 2 aromatic heterocycles. The number of nitrogens with zero attached hydrogens (tertiary/aromatic N) is 5. The number of fused-ring (bicyclic) bond motifs is 1. The van der Waals surface area contributed by atoms with Crippen molar-refractivity contribution < 1.29 is 4.79 Å². The molecule has 4 rings (SSSR count). The van der Waals surface area contributed by atoms with Gasteiger partial charge in [0.25, 0.3) is 0 Å². The minimum absolute atomic E-state index is 0.119. The summed E-state index contributed by atoms with van der Waals surface area (Å²) < 4.78 is 0. The molecule has 1 saturated heterocycles. The minimum Gasteiger partial charge on any atom is -0.373 e. The van der Waals surface area contributed by atoms with Gasteiger partial charge in [-0.25, -0.2) is 15.0 Å². The van der Waals surface area contributed by atoms with E-state index in [0.717, 1.165) is 68.3 Å². The Labute approximate surface area is 166 Å². The van der Waals surface area contributed by atoms with E-state index in [-0.39, 0.29) is 5.91 Å². The predicted molar refractivity (Wildman–Crippen MR) is 108 cm³/mol. The maximum absolute atomic E-state index is 11.6. The summed E-state index contributed by atoms with van der Waals surface area (Å²) in [7, 11) is 1.92. The second kappa shape index (κ2) is 8.22. The SMILES string of the molecule is CNc1ncccc1CN1CCCC(c2ncc3c(n2)CCN(C(C)=O)C3)C1. The van der Waals surface area contributed by atoms with Crippen molar-refractivity contribution in [2.45, 2.75) is 45.2 Å². The number of nitrogens with one attached hydrogen (secondary N) is 1. The molecule has 0 radical (unpaired) electrons. The van der Waals surface area contributed by atoms with Crippen LogP contribution in [0.25, 0.3) is 0 Å². The molecule has 2 aliphatic rings. The van der Waals surface area contributed by atoms with Crippen molar-refractivity contribution in [3.63, 3.8) is 0 Å². The van der Waals surface area contributed by atoms with Crippen molar-refractivity contribution in [2.24, 2.45) is 0 Å². The van der Waals surface area contributed by atoms with Gasteiger partial charge in [0.1, 0.15) is 11.6 Å². The van der Waals surface area contributed by atoms with Crippen LogP contribution in [0.15, 0.2) is 24.5 Å². The standard InChI is InChI=1S/C21H28N6O/c1-15(28)27-10-7-19-18(14-27)11-24-21(25-19)17-6-4-9-26(13-17)12-16-5-3-8-23-20(16)22-2/h3,5,8,11,17H,4,6-7,9-10,12-14H2,1-2H3,(H,22,23). The molecule has 0 spiro atoms. The maximum Gasteiger partial charge on any atom is 0.219 e. The Hall–Kier alpha value is -2.54. The van der Waals surface area contributed by atoms with Gasteiger partial charge in [0.2, 0.25) is 5.91 Å². The Bertz CT molecular complexity index is 855. The molecule has 2 aliphatic heterocycles. The summed E-state index contributed by atoms with van der Waals surface area (Å²) in [5, 5.41) is 3.18. The minimum atomic E-state index is 0.119. The summed E-state index contributed by atoms with van der Waals surface area (Å²) >= 11 is 0. The molecule has 1 amide bonds. The molecule has 1 N–H and O–H groups in total. The van der Waals surface area contributed by atoms with Crippen molar-refractivity contribution >= 4 is 11.7 Å². The predicted octanol–water partition coefficient (Wildman–Crippen LogP) is 2.20. The van der Waals surface area contributed by atoms with Crippen LogP contribution in [0.1, 0.15) is 48.3 Å². The molecule has 28 heavy (non-hydrogen) atoms. The number of hydrogen-bond donors (Lipinski definition) is 1. The van der Waals surface area contributed by atoms with E-state index in [0.29, 0.717) is 12.5 Å². The van der Waals surface area contributed by atoms with Gasteiger partial charge in [-0.3, -0.25) is 9.69 Å². The van der Waals surface area contributed by atoms with E-state index in [2.05, 4.69) is 26.3 Å². The highest BCUT2D eigenvalue weighted by Crippen LogP contribution is 2.28. The average molecular weight is 380 g/mol. The van der Waals surface area contributed by atoms with Crippen molar-refractivity contribution in [1.29, 1.82) is 0 Å². The van der Waals surface area contributed by atoms with Crippen LogP contribution in [0.4, 0.5) is 5.82 Å². The average Bonchev–Trinajstić information content (AvgIpc) is 2.73. The lowest BCUT2D eigenvalue weighted by Crippen LogP contribution is -2.36. The highest BCUT2D eigenvalue weighted by atomic mass is 16.2. The second-order valence-corrected chi connectivity index (χ2v) is 7.73. The molecular formula is C21H28N6O. The van der Waals surface area contributed by atoms with Crippen LogP contribution in [0.3, 0.4) is 0 Å². The first-order chi connectivity index (χ1) is 13.6. The van der Waals surface area contributed by atoms with E-state index in [1.807, 2.05) is 30.4 Å². The van der Waals surface area contributed by atoms with Gasteiger partial charge in [-0.15, -0.1) is 0 Å². The Balaban J connectivity index is 1.46. The highest BCUT2D eigenvalue weighted by Gasteiger charge is 2.26. The molecular weight excluding hydrogens is 352 g/mol. The number of hydrogen-bond acceptors (Lipinski definition) is 6. The Morgan fingerprint density at radius 1 is 1.32 bits per heavy atom. The largest absolute Gasteiger partial charge is 0.373 e. The normalized spacial score (nSPS) is 19.9. The second-order valence-electron chi connectivity index (χ2n) is 7.73. The van der Waals surface area contributed by atoms with Crippen LogP contribution < -0.4 is 5.32 Å². The molecule has 0 aromatic carbocycles. The van der Waals surface area contributed by atoms with Crippen LogP contribution in [0.5, 0.6) is 0 Å². The van der Waals surface area contributed by atoms with Crippen molar-refractivity contribution in [3.8, 4) is 0 Å². The summed E-state index contributed by atoms with van der Waals surface area (Å²) in [5.41, 5.74) is 3.43. The number of aromatic nitrogens is 3. The number of pyridine rings is 1. The number of anilines is 1. The van der Waals surface area contributed by atoms with Crippen LogP contribution in [0, 0.1) is 0 Å². The van der Waals surface area contributed by atoms with Gasteiger partial charge in [-0.1, -0.05) is 6.07 Å². The third kappa shape index (κ3) is 3.99. The van der Waals surface area contributed by atoms with E-state index in [9.17, 15) is 4.79 Å². The quantitative estimate of drug-likeness (QED) is 0.877. The molecule has 1 unspecified atom stereocenters. The summed E-state index contributed by atoms with van der Waals surface area (Å²) in [4.78, 5) is 30.0. The molecule has 7 heteroatoms. The molecule has 1 fully saturated rings. The first-order valence-electron chi connectivity index (χ1n) is 10.1. The maximum atomic E-state index is 11.6. The molecule has 0 saturated carbocycles. The fourth-order valence-corrected chi connectivity index (χ4v) is 4.24. The number of likely N-dealkylation sites (tertiary alicyclic amines) is 1. The zero-order chi connectivity index (χ0) is 19.5. The highest BCUT2D eigenvalue weighted by molar-refractivity contribution is 5.73. The molecule has 7 nitrogen and oxygen atoms in total. The third-order valence-electron chi connectivity index (χ3n) is 5.79. The van der Waals surface area contributed by atoms with Crippen LogP contribution in [0.2, 0.25) is 0 Å². The Kier molecular flexibility index (Phi) is 5.52. The number of carbonyl (C=O) groups is 1. The molecule has 4 heterocycles. The number of rotatable bonds is 4. The smallest absolute Gasteiger partial charge is 0.219 e. The van der Waals surface area contributed by atoms with Gasteiger partial charge in [-0.2, -0.15) is 0 Å². The lowest BCUT2D eigenvalue weighted by Gasteiger charge is -2.33. The van der Waals surface area contributed by atoms with Gasteiger partial charge in [-0.05, 0) is 25.5 Å². The summed E-state index contributed by atoms with van der Waals surface area (Å²) in [6, 6.07) is 4.13. The van der Waals surface area contributed by atoms with E-state index in [4.69, 9.17) is 4.98 Å². The Morgan fingerprint density at radius 3 is 3.04 bits per heavy atom. The summed E-state index contributed by atoms with van der Waals surface area (Å²) in [6.07, 6.45) is 6.86. The number of amides is 1. The van der Waals surface area contributed by atoms with Crippen molar-refractivity contribution in [2.75, 3.05) is 32.0 Å². The molecule has 0 bridgehead atoms. The van der Waals surface area contributed by atoms with Crippen LogP contribution in [-0.2, 0) is 24.3 Å². The summed E-state index contributed by atoms with van der Waals surface area (Å²) in [5.74, 6) is 2.39. The molecule has 2 aromatic rings. The monoisotopic (exact) mass is 380 g/mol. The van der Waals surface area contributed by atoms with Gasteiger partial charge >= 0.3 is 0 Å². The number of carbonyl (C=O) groups excluding carboxylic acids is 1. The van der Waals surface area contributed by atoms with E-state index in [1.54, 1.807) is 6.92 Å². The molecule has 148 valence electrons. The van der Waals surface area contributed by atoms with Crippen molar-refractivity contribution in [3.05, 3.63) is 47.2 Å². The van der Waals surface area contributed by atoms with Gasteiger partial charge in [0, 0.05) is 76.0 Å². The Morgan fingerprint density at radius 2 is 2.21 bits per heavy atom. The van der Waals surface area contributed by atoms with Crippen LogP contribution >= 0.6 is 0 Å². The fourth-order valence-electron chi connectivity index (χ4n) is 4.24. The zero-order valence-electron chi connectivity index (χ0n) is 16.7. The zero-order valence-corrected chi connectivity index (χ0v) is 16.7. The first kappa shape index (κ1) is 18.8. The van der Waals surface area contributed by atoms with Crippen molar-refractivity contribution in [1.82, 2.24) is 24.8 Å². The van der Waals surface area contributed by atoms with Gasteiger partial charge < -0.3 is 10.2 Å². The van der Waals surface area contributed by atoms with E-state index < -0.39 is 0 Å². The van der Waals surface area contributed by atoms with Gasteiger partial charge in [0.15, 0.2) is 0 Å². The lowest BCUT2D eigenvalue weighted by molar-refractivity contribution is -0.129. The first-order valence-corrected chi connectivity index (χ1v) is 10.1. The fraction of sp³-hybridized carbons (Fsp3) is 0.524. The lowest BCUT2D eigenvalue weighted by atomic mass is 9.96. The van der Waals surface area contributed by atoms with E-state index in [1.165, 1.54) is 5.56 Å². The molecule has 1 atom stereocenters. The van der Waals surface area contributed by atoms with E-state index >= 15 is 0 Å². The molecule has 0 aliphatic carbocycles. The van der Waals surface area contributed by atoms with Crippen LogP contribution in [-0.4, -0.2) is 57.3 Å². The topological polar surface area (TPSA) is 74.2 Å². The summed E-state index contributed by atoms with van der Waals surface area (Å²) in [6.45, 7) is 5.96.